The maximum absolute atomic E-state index is 11.6. The number of amides is 2. The summed E-state index contributed by atoms with van der Waals surface area (Å²) in [4.78, 5) is 11.6. The third-order valence-electron chi connectivity index (χ3n) is 3.73. The molecular weight excluding hydrogens is 188 g/mol. The third kappa shape index (κ3) is 2.86. The Morgan fingerprint density at radius 1 is 1.13 bits per heavy atom. The van der Waals surface area contributed by atoms with Gasteiger partial charge < -0.3 is 10.6 Å². The topological polar surface area (TPSA) is 41.1 Å². The van der Waals surface area contributed by atoms with E-state index in [1.54, 1.807) is 0 Å². The first-order chi connectivity index (χ1) is 7.08. The van der Waals surface area contributed by atoms with Gasteiger partial charge in [0, 0.05) is 12.1 Å². The Labute approximate surface area is 92.0 Å². The van der Waals surface area contributed by atoms with E-state index in [2.05, 4.69) is 24.5 Å². The van der Waals surface area contributed by atoms with Crippen molar-refractivity contribution in [2.45, 2.75) is 64.5 Å². The highest BCUT2D eigenvalue weighted by molar-refractivity contribution is 5.75. The van der Waals surface area contributed by atoms with Crippen molar-refractivity contribution >= 4 is 6.03 Å². The molecular formula is C12H22N2O. The molecule has 0 aromatic rings. The zero-order valence-corrected chi connectivity index (χ0v) is 9.81. The Hall–Kier alpha value is -0.730. The van der Waals surface area contributed by atoms with E-state index in [-0.39, 0.29) is 11.4 Å². The van der Waals surface area contributed by atoms with Gasteiger partial charge in [-0.1, -0.05) is 26.7 Å². The molecule has 0 aromatic heterocycles. The lowest BCUT2D eigenvalue weighted by Gasteiger charge is -2.38. The highest BCUT2D eigenvalue weighted by Crippen LogP contribution is 2.35. The Kier molecular flexibility index (Phi) is 2.89. The first-order valence-electron chi connectivity index (χ1n) is 6.15. The smallest absolute Gasteiger partial charge is 0.315 e. The number of hydrogen-bond acceptors (Lipinski definition) is 1. The van der Waals surface area contributed by atoms with Gasteiger partial charge in [-0.05, 0) is 31.1 Å². The van der Waals surface area contributed by atoms with Crippen molar-refractivity contribution in [1.29, 1.82) is 0 Å². The van der Waals surface area contributed by atoms with Crippen molar-refractivity contribution in [3.8, 4) is 0 Å². The number of carbonyl (C=O) groups excluding carboxylic acids is 1. The number of carbonyl (C=O) groups is 1. The standard InChI is InChI=1S/C12H22N2O/c1-12(2)8-4-3-5-10(12)14-11(15)13-9-6-7-9/h9-10H,3-8H2,1-2H3,(H2,13,14,15). The predicted molar refractivity (Wildman–Crippen MR) is 60.7 cm³/mol. The lowest BCUT2D eigenvalue weighted by atomic mass is 9.73. The van der Waals surface area contributed by atoms with Crippen molar-refractivity contribution in [3.63, 3.8) is 0 Å². The second kappa shape index (κ2) is 4.03. The van der Waals surface area contributed by atoms with Crippen LogP contribution in [0, 0.1) is 5.41 Å². The number of rotatable bonds is 2. The molecule has 0 spiro atoms. The molecule has 2 saturated carbocycles. The summed E-state index contributed by atoms with van der Waals surface area (Å²) in [5, 5.41) is 6.12. The van der Waals surface area contributed by atoms with Crippen LogP contribution in [-0.4, -0.2) is 18.1 Å². The van der Waals surface area contributed by atoms with Crippen LogP contribution >= 0.6 is 0 Å². The van der Waals surface area contributed by atoms with E-state index in [1.165, 1.54) is 19.3 Å². The quantitative estimate of drug-likeness (QED) is 0.722. The van der Waals surface area contributed by atoms with Crippen LogP contribution in [0.5, 0.6) is 0 Å². The van der Waals surface area contributed by atoms with Gasteiger partial charge >= 0.3 is 6.03 Å². The SMILES string of the molecule is CC1(C)CCCCC1NC(=O)NC1CC1. The molecule has 0 radical (unpaired) electrons. The van der Waals surface area contributed by atoms with Crippen molar-refractivity contribution in [3.05, 3.63) is 0 Å². The molecule has 15 heavy (non-hydrogen) atoms. The van der Waals surface area contributed by atoms with Gasteiger partial charge in [0.1, 0.15) is 0 Å². The molecule has 86 valence electrons. The van der Waals surface area contributed by atoms with Crippen molar-refractivity contribution in [2.75, 3.05) is 0 Å². The van der Waals surface area contributed by atoms with Crippen molar-refractivity contribution in [1.82, 2.24) is 10.6 Å². The van der Waals surface area contributed by atoms with Gasteiger partial charge in [-0.2, -0.15) is 0 Å². The molecule has 3 heteroatoms. The van der Waals surface area contributed by atoms with Gasteiger partial charge in [-0.15, -0.1) is 0 Å². The first-order valence-corrected chi connectivity index (χ1v) is 6.15. The maximum atomic E-state index is 11.6. The zero-order chi connectivity index (χ0) is 10.9. The minimum Gasteiger partial charge on any atom is -0.335 e. The van der Waals surface area contributed by atoms with Crippen LogP contribution in [0.1, 0.15) is 52.4 Å². The van der Waals surface area contributed by atoms with Crippen LogP contribution in [0.15, 0.2) is 0 Å². The molecule has 2 rings (SSSR count). The van der Waals surface area contributed by atoms with E-state index >= 15 is 0 Å². The number of nitrogens with one attached hydrogen (secondary N) is 2. The van der Waals surface area contributed by atoms with Crippen LogP contribution < -0.4 is 10.6 Å². The Balaban J connectivity index is 1.82. The molecule has 3 nitrogen and oxygen atoms in total. The minimum absolute atomic E-state index is 0.0393. The van der Waals surface area contributed by atoms with E-state index in [0.717, 1.165) is 19.3 Å². The second-order valence-corrected chi connectivity index (χ2v) is 5.68. The fraction of sp³-hybridized carbons (Fsp3) is 0.917. The molecule has 2 amide bonds. The average molecular weight is 210 g/mol. The molecule has 1 unspecified atom stereocenters. The second-order valence-electron chi connectivity index (χ2n) is 5.68. The lowest BCUT2D eigenvalue weighted by molar-refractivity contribution is 0.166. The summed E-state index contributed by atoms with van der Waals surface area (Å²) in [6, 6.07) is 0.846. The van der Waals surface area contributed by atoms with Crippen molar-refractivity contribution < 1.29 is 4.79 Å². The van der Waals surface area contributed by atoms with Crippen LogP contribution in [0.25, 0.3) is 0 Å². The number of urea groups is 1. The highest BCUT2D eigenvalue weighted by atomic mass is 16.2. The van der Waals surface area contributed by atoms with Gasteiger partial charge in [0.25, 0.3) is 0 Å². The van der Waals surface area contributed by atoms with Crippen LogP contribution in [0.3, 0.4) is 0 Å². The normalized spacial score (nSPS) is 29.6. The largest absolute Gasteiger partial charge is 0.335 e. The first kappa shape index (κ1) is 10.8. The third-order valence-corrected chi connectivity index (χ3v) is 3.73. The van der Waals surface area contributed by atoms with Crippen LogP contribution in [0.2, 0.25) is 0 Å². The summed E-state index contributed by atoms with van der Waals surface area (Å²) in [6.45, 7) is 4.52. The van der Waals surface area contributed by atoms with Crippen LogP contribution in [-0.2, 0) is 0 Å². The molecule has 2 aliphatic carbocycles. The monoisotopic (exact) mass is 210 g/mol. The summed E-state index contributed by atoms with van der Waals surface area (Å²) < 4.78 is 0. The molecule has 2 aliphatic rings. The Bertz CT molecular complexity index is 246. The fourth-order valence-corrected chi connectivity index (χ4v) is 2.37. The maximum Gasteiger partial charge on any atom is 0.315 e. The summed E-state index contributed by atoms with van der Waals surface area (Å²) in [7, 11) is 0. The van der Waals surface area contributed by atoms with E-state index in [4.69, 9.17) is 0 Å². The lowest BCUT2D eigenvalue weighted by Crippen LogP contribution is -2.50. The van der Waals surface area contributed by atoms with Crippen LogP contribution in [0.4, 0.5) is 4.79 Å². The highest BCUT2D eigenvalue weighted by Gasteiger charge is 2.34. The Morgan fingerprint density at radius 2 is 1.87 bits per heavy atom. The van der Waals surface area contributed by atoms with Gasteiger partial charge in [0.2, 0.25) is 0 Å². The van der Waals surface area contributed by atoms with Gasteiger partial charge in [-0.3, -0.25) is 0 Å². The average Bonchev–Trinajstić information content (AvgIpc) is 2.92. The molecule has 0 aliphatic heterocycles. The van der Waals surface area contributed by atoms with E-state index in [1.807, 2.05) is 0 Å². The predicted octanol–water partition coefficient (Wildman–Crippen LogP) is 2.42. The molecule has 0 heterocycles. The van der Waals surface area contributed by atoms with E-state index in [9.17, 15) is 4.79 Å². The molecule has 2 N–H and O–H groups in total. The van der Waals surface area contributed by atoms with E-state index in [0.29, 0.717) is 12.1 Å². The molecule has 1 atom stereocenters. The Morgan fingerprint density at radius 3 is 2.47 bits per heavy atom. The minimum atomic E-state index is 0.0393. The van der Waals surface area contributed by atoms with Gasteiger partial charge in [0.05, 0.1) is 0 Å². The summed E-state index contributed by atoms with van der Waals surface area (Å²) >= 11 is 0. The molecule has 0 aromatic carbocycles. The fourth-order valence-electron chi connectivity index (χ4n) is 2.37. The molecule has 2 fully saturated rings. The van der Waals surface area contributed by atoms with E-state index < -0.39 is 0 Å². The summed E-state index contributed by atoms with van der Waals surface area (Å²) in [5.74, 6) is 0. The molecule has 0 saturated heterocycles. The zero-order valence-electron chi connectivity index (χ0n) is 9.81. The summed E-state index contributed by atoms with van der Waals surface area (Å²) in [5.41, 5.74) is 0.263. The summed E-state index contributed by atoms with van der Waals surface area (Å²) in [6.07, 6.45) is 7.21. The van der Waals surface area contributed by atoms with Gasteiger partial charge in [0.15, 0.2) is 0 Å². The van der Waals surface area contributed by atoms with Gasteiger partial charge in [-0.25, -0.2) is 4.79 Å². The molecule has 0 bridgehead atoms. The number of hydrogen-bond donors (Lipinski definition) is 2. The van der Waals surface area contributed by atoms with Crippen molar-refractivity contribution in [2.24, 2.45) is 5.41 Å².